The van der Waals surface area contributed by atoms with Gasteiger partial charge in [-0.15, -0.1) is 0 Å². The van der Waals surface area contributed by atoms with Crippen LogP contribution >= 0.6 is 0 Å². The lowest BCUT2D eigenvalue weighted by atomic mass is 10.0. The Bertz CT molecular complexity index is 1400. The molecule has 2 aliphatic heterocycles. The molecule has 2 aliphatic rings. The number of carbonyl (C=O) groups is 2. The number of hydrogen-bond donors (Lipinski definition) is 2. The molecule has 0 saturated heterocycles. The largest absolute Gasteiger partial charge is 0.503 e. The fourth-order valence-corrected chi connectivity index (χ4v) is 4.29. The van der Waals surface area contributed by atoms with Gasteiger partial charge in [0.1, 0.15) is 17.2 Å². The summed E-state index contributed by atoms with van der Waals surface area (Å²) in [5.41, 5.74) is -0.652. The zero-order valence-corrected chi connectivity index (χ0v) is 20.4. The van der Waals surface area contributed by atoms with Crippen molar-refractivity contribution in [3.63, 3.8) is 0 Å². The molecule has 4 heterocycles. The summed E-state index contributed by atoms with van der Waals surface area (Å²) in [5, 5.41) is 13.2. The third kappa shape index (κ3) is 5.08. The number of aromatic hydroxyl groups is 1. The minimum atomic E-state index is -1.03. The van der Waals surface area contributed by atoms with Gasteiger partial charge in [-0.25, -0.2) is 8.78 Å². The number of nitrogens with zero attached hydrogens (tertiary/aromatic N) is 3. The molecule has 194 valence electrons. The lowest BCUT2D eigenvalue weighted by Crippen LogP contribution is -2.49. The molecular formula is C26H26F2N4O5. The summed E-state index contributed by atoms with van der Waals surface area (Å²) in [7, 11) is 0. The molecule has 2 aromatic rings. The standard InChI is InChI=1S/C26H26F2N4O5/c1-14(2)18(27)7-19(28)15(3)8-30-25(35)21-20-13-37-12-17-11-31(10-16-5-4-6-29-9-16)26(36)22(32(17)20)24(34)23(21)33/h4-7,9,17,34H,1,8,10-13H2,2-3H3,(H,30,35)/b18-7+,19-15-. The first-order valence-electron chi connectivity index (χ1n) is 11.5. The van der Waals surface area contributed by atoms with E-state index in [9.17, 15) is 28.3 Å². The minimum Gasteiger partial charge on any atom is -0.503 e. The van der Waals surface area contributed by atoms with Gasteiger partial charge in [0.15, 0.2) is 11.4 Å². The Morgan fingerprint density at radius 2 is 2.11 bits per heavy atom. The van der Waals surface area contributed by atoms with Gasteiger partial charge in [-0.2, -0.15) is 0 Å². The number of nitrogens with one attached hydrogen (secondary N) is 1. The predicted octanol–water partition coefficient (Wildman–Crippen LogP) is 3.08. The lowest BCUT2D eigenvalue weighted by molar-refractivity contribution is 0.0228. The van der Waals surface area contributed by atoms with Crippen molar-refractivity contribution in [2.75, 3.05) is 19.7 Å². The summed E-state index contributed by atoms with van der Waals surface area (Å²) < 4.78 is 35.1. The monoisotopic (exact) mass is 512 g/mol. The second kappa shape index (κ2) is 10.5. The van der Waals surface area contributed by atoms with Gasteiger partial charge in [-0.3, -0.25) is 19.4 Å². The maximum Gasteiger partial charge on any atom is 0.274 e. The van der Waals surface area contributed by atoms with E-state index in [2.05, 4.69) is 16.9 Å². The summed E-state index contributed by atoms with van der Waals surface area (Å²) >= 11 is 0. The van der Waals surface area contributed by atoms with Crippen LogP contribution in [0.1, 0.15) is 52.0 Å². The third-order valence-electron chi connectivity index (χ3n) is 6.23. The van der Waals surface area contributed by atoms with E-state index in [1.165, 1.54) is 23.3 Å². The minimum absolute atomic E-state index is 0.0102. The molecule has 2 amide bonds. The topological polar surface area (TPSA) is 114 Å². The van der Waals surface area contributed by atoms with Crippen LogP contribution in [0.3, 0.4) is 0 Å². The van der Waals surface area contributed by atoms with Gasteiger partial charge in [-0.05, 0) is 36.6 Å². The van der Waals surface area contributed by atoms with Gasteiger partial charge in [-0.1, -0.05) is 12.6 Å². The van der Waals surface area contributed by atoms with Crippen LogP contribution in [-0.4, -0.2) is 51.1 Å². The SMILES string of the molecule is C=C(C)/C(F)=C\C(F)=C(/C)CNC(=O)c1c2n3c(c(O)c1=O)C(=O)N(Cc1cccnc1)CC3COC2. The van der Waals surface area contributed by atoms with Crippen LogP contribution in [0.15, 0.2) is 64.8 Å². The van der Waals surface area contributed by atoms with Gasteiger partial charge in [0.05, 0.1) is 24.9 Å². The van der Waals surface area contributed by atoms with Crippen LogP contribution in [0.2, 0.25) is 0 Å². The highest BCUT2D eigenvalue weighted by atomic mass is 19.1. The molecule has 0 fully saturated rings. The van der Waals surface area contributed by atoms with E-state index in [1.54, 1.807) is 24.5 Å². The van der Waals surface area contributed by atoms with Crippen LogP contribution in [0.4, 0.5) is 8.78 Å². The Balaban J connectivity index is 1.66. The number of allylic oxidation sites excluding steroid dienone is 4. The lowest BCUT2D eigenvalue weighted by Gasteiger charge is -2.40. The molecule has 4 rings (SSSR count). The Hall–Kier alpha value is -4.12. The number of hydrogen-bond acceptors (Lipinski definition) is 6. The van der Waals surface area contributed by atoms with Crippen LogP contribution in [0.25, 0.3) is 0 Å². The van der Waals surface area contributed by atoms with Crippen molar-refractivity contribution < 1.29 is 28.2 Å². The summed E-state index contributed by atoms with van der Waals surface area (Å²) in [6, 6.07) is 3.10. The Kier molecular flexibility index (Phi) is 7.35. The van der Waals surface area contributed by atoms with E-state index in [0.717, 1.165) is 5.56 Å². The fraction of sp³-hybridized carbons (Fsp3) is 0.308. The summed E-state index contributed by atoms with van der Waals surface area (Å²) in [6.07, 6.45) is 3.89. The molecule has 0 aromatic carbocycles. The number of aromatic nitrogens is 2. The average molecular weight is 513 g/mol. The van der Waals surface area contributed by atoms with E-state index < -0.39 is 46.3 Å². The van der Waals surface area contributed by atoms with Gasteiger partial charge in [0.25, 0.3) is 11.8 Å². The molecule has 0 bridgehead atoms. The number of amides is 2. The normalized spacial score (nSPS) is 17.7. The second-order valence-electron chi connectivity index (χ2n) is 9.02. The van der Waals surface area contributed by atoms with E-state index >= 15 is 0 Å². The second-order valence-corrected chi connectivity index (χ2v) is 9.02. The highest BCUT2D eigenvalue weighted by molar-refractivity contribution is 6.00. The van der Waals surface area contributed by atoms with E-state index in [0.29, 0.717) is 6.08 Å². The van der Waals surface area contributed by atoms with Crippen molar-refractivity contribution in [3.05, 3.63) is 92.7 Å². The molecule has 1 unspecified atom stereocenters. The number of halogens is 2. The van der Waals surface area contributed by atoms with Crippen molar-refractivity contribution in [2.45, 2.75) is 33.0 Å². The first-order valence-corrected chi connectivity index (χ1v) is 11.5. The molecule has 0 radical (unpaired) electrons. The number of pyridine rings is 2. The van der Waals surface area contributed by atoms with Gasteiger partial charge in [0, 0.05) is 38.1 Å². The first kappa shape index (κ1) is 26.0. The Morgan fingerprint density at radius 3 is 2.78 bits per heavy atom. The van der Waals surface area contributed by atoms with Crippen molar-refractivity contribution in [1.82, 2.24) is 19.8 Å². The van der Waals surface area contributed by atoms with Gasteiger partial charge in [0.2, 0.25) is 5.43 Å². The highest BCUT2D eigenvalue weighted by Crippen LogP contribution is 2.33. The predicted molar refractivity (Wildman–Crippen MR) is 130 cm³/mol. The zero-order valence-electron chi connectivity index (χ0n) is 20.4. The molecule has 0 spiro atoms. The Labute approximate surface area is 211 Å². The Morgan fingerprint density at radius 1 is 1.35 bits per heavy atom. The van der Waals surface area contributed by atoms with Crippen LogP contribution in [0.5, 0.6) is 5.75 Å². The van der Waals surface area contributed by atoms with Gasteiger partial charge < -0.3 is 24.6 Å². The number of rotatable bonds is 7. The fourth-order valence-electron chi connectivity index (χ4n) is 4.29. The van der Waals surface area contributed by atoms with Gasteiger partial charge >= 0.3 is 0 Å². The third-order valence-corrected chi connectivity index (χ3v) is 6.23. The van der Waals surface area contributed by atoms with Crippen molar-refractivity contribution in [3.8, 4) is 5.75 Å². The molecular weight excluding hydrogens is 486 g/mol. The van der Waals surface area contributed by atoms with E-state index in [1.807, 2.05) is 0 Å². The van der Waals surface area contributed by atoms with Crippen molar-refractivity contribution >= 4 is 11.8 Å². The molecule has 2 N–H and O–H groups in total. The molecule has 0 aliphatic carbocycles. The molecule has 37 heavy (non-hydrogen) atoms. The van der Waals surface area contributed by atoms with E-state index in [4.69, 9.17) is 4.74 Å². The van der Waals surface area contributed by atoms with Crippen LogP contribution in [-0.2, 0) is 17.9 Å². The van der Waals surface area contributed by atoms with Crippen LogP contribution < -0.4 is 10.7 Å². The summed E-state index contributed by atoms with van der Waals surface area (Å²) in [4.78, 5) is 44.9. The quantitative estimate of drug-likeness (QED) is 0.552. The molecule has 2 aromatic heterocycles. The van der Waals surface area contributed by atoms with Crippen molar-refractivity contribution in [1.29, 1.82) is 0 Å². The van der Waals surface area contributed by atoms with Crippen LogP contribution in [0, 0.1) is 0 Å². The number of ether oxygens (including phenoxy) is 1. The first-order chi connectivity index (χ1) is 17.6. The zero-order chi connectivity index (χ0) is 26.9. The number of carbonyl (C=O) groups excluding carboxylic acids is 2. The highest BCUT2D eigenvalue weighted by Gasteiger charge is 2.40. The average Bonchev–Trinajstić information content (AvgIpc) is 2.87. The molecule has 1 atom stereocenters. The molecule has 11 heteroatoms. The van der Waals surface area contributed by atoms with Crippen molar-refractivity contribution in [2.24, 2.45) is 0 Å². The maximum atomic E-state index is 14.3. The van der Waals surface area contributed by atoms with E-state index in [-0.39, 0.29) is 55.4 Å². The smallest absolute Gasteiger partial charge is 0.274 e. The molecule has 9 nitrogen and oxygen atoms in total. The summed E-state index contributed by atoms with van der Waals surface area (Å²) in [6.45, 7) is 6.32. The molecule has 0 saturated carbocycles. The summed E-state index contributed by atoms with van der Waals surface area (Å²) in [5.74, 6) is -4.01. The maximum absolute atomic E-state index is 14.3.